The minimum absolute atomic E-state index is 0.117. The smallest absolute Gasteiger partial charge is 0.326 e. The van der Waals surface area contributed by atoms with Crippen molar-refractivity contribution in [1.82, 2.24) is 36.1 Å². The number of pyridine rings is 2. The maximum absolute atomic E-state index is 12.5. The van der Waals surface area contributed by atoms with E-state index in [-0.39, 0.29) is 24.7 Å². The molecule has 0 spiro atoms. The van der Waals surface area contributed by atoms with Gasteiger partial charge in [-0.25, -0.2) is 14.4 Å². The van der Waals surface area contributed by atoms with Gasteiger partial charge in [0.25, 0.3) is 0 Å². The zero-order valence-corrected chi connectivity index (χ0v) is 28.9. The molecule has 0 saturated carbocycles. The Morgan fingerprint density at radius 2 is 1.18 bits per heavy atom. The van der Waals surface area contributed by atoms with E-state index < -0.39 is 42.6 Å². The van der Waals surface area contributed by atoms with Crippen molar-refractivity contribution < 1.29 is 44.1 Å². The van der Waals surface area contributed by atoms with Gasteiger partial charge in [-0.3, -0.25) is 29.3 Å². The van der Waals surface area contributed by atoms with Gasteiger partial charge in [0, 0.05) is 44.9 Å². The summed E-state index contributed by atoms with van der Waals surface area (Å²) in [4.78, 5) is 80.9. The predicted molar refractivity (Wildman–Crippen MR) is 186 cm³/mol. The summed E-state index contributed by atoms with van der Waals surface area (Å²) < 4.78 is 0. The number of carboxylic acid groups (broad SMARTS) is 3. The predicted octanol–water partition coefficient (Wildman–Crippen LogP) is 2.68. The fraction of sp³-hybridized carbons (Fsp3) is 0.543. The maximum atomic E-state index is 12.5. The standard InChI is InChI=1S/C35H51N7O9/c43-30(38-21-11-7-15-29(34(49)50)41-35(51)39-23-32(45)46)17-3-1-2-4-18-31(44)40-28(33(47)48)16-8-12-22-42(24-26-13-5-9-19-36-26)25-27-14-6-10-20-37-27/h5-6,9-10,13-14,19-20,28-29H,1-4,7-8,11-12,15-18,21-25H2,(H,38,43)(H,40,44)(H,45,46)(H,47,48)(H,49,50)(H2,39,41,51). The Balaban J connectivity index is 1.57. The minimum atomic E-state index is -1.25. The van der Waals surface area contributed by atoms with Gasteiger partial charge in [0.15, 0.2) is 0 Å². The molecule has 16 nitrogen and oxygen atoms in total. The number of urea groups is 1. The Kier molecular flexibility index (Phi) is 20.6. The number of carbonyl (C=O) groups is 6. The number of amides is 4. The second-order valence-electron chi connectivity index (χ2n) is 12.2. The van der Waals surface area contributed by atoms with E-state index in [1.54, 1.807) is 12.4 Å². The molecule has 2 rings (SSSR count). The van der Waals surface area contributed by atoms with Crippen LogP contribution in [-0.4, -0.2) is 97.7 Å². The Hall–Kier alpha value is -5.12. The number of carbonyl (C=O) groups excluding carboxylic acids is 3. The highest BCUT2D eigenvalue weighted by Gasteiger charge is 2.21. The first-order valence-electron chi connectivity index (χ1n) is 17.3. The van der Waals surface area contributed by atoms with Crippen molar-refractivity contribution in [3.05, 3.63) is 60.2 Å². The molecule has 0 aliphatic carbocycles. The summed E-state index contributed by atoms with van der Waals surface area (Å²) in [7, 11) is 0. The van der Waals surface area contributed by atoms with E-state index in [1.165, 1.54) is 0 Å². The summed E-state index contributed by atoms with van der Waals surface area (Å²) >= 11 is 0. The van der Waals surface area contributed by atoms with E-state index >= 15 is 0 Å². The largest absolute Gasteiger partial charge is 0.480 e. The Bertz CT molecular complexity index is 1320. The molecule has 2 atom stereocenters. The van der Waals surface area contributed by atoms with Crippen LogP contribution in [0.2, 0.25) is 0 Å². The molecule has 7 N–H and O–H groups in total. The van der Waals surface area contributed by atoms with Crippen molar-refractivity contribution in [3.8, 4) is 0 Å². The van der Waals surface area contributed by atoms with Crippen molar-refractivity contribution in [3.63, 3.8) is 0 Å². The van der Waals surface area contributed by atoms with Gasteiger partial charge in [-0.2, -0.15) is 0 Å². The summed E-state index contributed by atoms with van der Waals surface area (Å²) in [5.41, 5.74) is 1.87. The van der Waals surface area contributed by atoms with Crippen LogP contribution in [0, 0.1) is 0 Å². The van der Waals surface area contributed by atoms with E-state index in [0.29, 0.717) is 71.0 Å². The molecule has 0 bridgehead atoms. The number of carboxylic acids is 3. The number of nitrogens with one attached hydrogen (secondary N) is 4. The van der Waals surface area contributed by atoms with Crippen LogP contribution in [0.15, 0.2) is 48.8 Å². The van der Waals surface area contributed by atoms with E-state index in [1.807, 2.05) is 41.7 Å². The van der Waals surface area contributed by atoms with Gasteiger partial charge >= 0.3 is 23.9 Å². The highest BCUT2D eigenvalue weighted by Crippen LogP contribution is 2.11. The average Bonchev–Trinajstić information content (AvgIpc) is 3.10. The quantitative estimate of drug-likeness (QED) is 0.0662. The molecule has 280 valence electrons. The molecule has 2 aromatic rings. The van der Waals surface area contributed by atoms with Crippen LogP contribution in [0.4, 0.5) is 4.79 Å². The zero-order valence-electron chi connectivity index (χ0n) is 28.9. The van der Waals surface area contributed by atoms with Gasteiger partial charge in [0.2, 0.25) is 11.8 Å². The van der Waals surface area contributed by atoms with Crippen LogP contribution in [0.3, 0.4) is 0 Å². The van der Waals surface area contributed by atoms with Gasteiger partial charge in [-0.05, 0) is 82.2 Å². The van der Waals surface area contributed by atoms with Crippen molar-refractivity contribution in [2.75, 3.05) is 19.6 Å². The van der Waals surface area contributed by atoms with Crippen molar-refractivity contribution in [2.24, 2.45) is 0 Å². The number of hydrogen-bond donors (Lipinski definition) is 7. The van der Waals surface area contributed by atoms with Crippen molar-refractivity contribution in [2.45, 2.75) is 102 Å². The van der Waals surface area contributed by atoms with Crippen LogP contribution in [0.1, 0.15) is 88.4 Å². The summed E-state index contributed by atoms with van der Waals surface area (Å²) in [6.07, 6.45) is 9.36. The van der Waals surface area contributed by atoms with E-state index in [4.69, 9.17) is 5.11 Å². The Labute approximate surface area is 297 Å². The lowest BCUT2D eigenvalue weighted by Crippen LogP contribution is -2.47. The lowest BCUT2D eigenvalue weighted by molar-refractivity contribution is -0.142. The number of rotatable bonds is 27. The minimum Gasteiger partial charge on any atom is -0.480 e. The third kappa shape index (κ3) is 20.2. The Morgan fingerprint density at radius 3 is 1.71 bits per heavy atom. The number of nitrogens with zero attached hydrogens (tertiary/aromatic N) is 3. The van der Waals surface area contributed by atoms with Gasteiger partial charge in [-0.1, -0.05) is 25.0 Å². The van der Waals surface area contributed by atoms with Gasteiger partial charge < -0.3 is 36.6 Å². The van der Waals surface area contributed by atoms with E-state index in [2.05, 4.69) is 30.8 Å². The van der Waals surface area contributed by atoms with Crippen LogP contribution in [0.5, 0.6) is 0 Å². The fourth-order valence-electron chi connectivity index (χ4n) is 5.20. The molecule has 4 amide bonds. The molecule has 0 saturated heterocycles. The topological polar surface area (TPSA) is 240 Å². The lowest BCUT2D eigenvalue weighted by atomic mass is 10.1. The molecule has 2 aromatic heterocycles. The number of aliphatic carboxylic acids is 3. The summed E-state index contributed by atoms with van der Waals surface area (Å²) in [5, 5.41) is 37.2. The van der Waals surface area contributed by atoms with E-state index in [9.17, 15) is 39.0 Å². The summed E-state index contributed by atoms with van der Waals surface area (Å²) in [6.45, 7) is 1.71. The molecule has 0 aliphatic heterocycles. The summed E-state index contributed by atoms with van der Waals surface area (Å²) in [6, 6.07) is 8.52. The number of unbranched alkanes of at least 4 members (excludes halogenated alkanes) is 5. The van der Waals surface area contributed by atoms with Crippen LogP contribution < -0.4 is 21.3 Å². The highest BCUT2D eigenvalue weighted by molar-refractivity contribution is 5.85. The molecule has 2 heterocycles. The second-order valence-corrected chi connectivity index (χ2v) is 12.2. The van der Waals surface area contributed by atoms with Crippen LogP contribution >= 0.6 is 0 Å². The van der Waals surface area contributed by atoms with Gasteiger partial charge in [0.05, 0.1) is 11.4 Å². The molecule has 16 heteroatoms. The van der Waals surface area contributed by atoms with Gasteiger partial charge in [0.1, 0.15) is 18.6 Å². The first kappa shape index (κ1) is 42.0. The Morgan fingerprint density at radius 1 is 0.627 bits per heavy atom. The number of aromatic nitrogens is 2. The molecule has 51 heavy (non-hydrogen) atoms. The van der Waals surface area contributed by atoms with Crippen molar-refractivity contribution in [1.29, 1.82) is 0 Å². The normalized spacial score (nSPS) is 12.0. The van der Waals surface area contributed by atoms with Crippen LogP contribution in [-0.2, 0) is 37.1 Å². The molecule has 2 unspecified atom stereocenters. The van der Waals surface area contributed by atoms with E-state index in [0.717, 1.165) is 30.8 Å². The second kappa shape index (κ2) is 24.9. The fourth-order valence-corrected chi connectivity index (χ4v) is 5.20. The van der Waals surface area contributed by atoms with Crippen LogP contribution in [0.25, 0.3) is 0 Å². The lowest BCUT2D eigenvalue weighted by Gasteiger charge is -2.22. The molecule has 0 aromatic carbocycles. The molecule has 0 aliphatic rings. The molecular weight excluding hydrogens is 662 g/mol. The molecule has 0 radical (unpaired) electrons. The average molecular weight is 714 g/mol. The monoisotopic (exact) mass is 713 g/mol. The summed E-state index contributed by atoms with van der Waals surface area (Å²) in [5.74, 6) is -4.01. The first-order valence-corrected chi connectivity index (χ1v) is 17.3. The first-order chi connectivity index (χ1) is 24.5. The number of hydrogen-bond acceptors (Lipinski definition) is 9. The molecular formula is C35H51N7O9. The highest BCUT2D eigenvalue weighted by atomic mass is 16.4. The molecule has 0 fully saturated rings. The maximum Gasteiger partial charge on any atom is 0.326 e. The SMILES string of the molecule is O=C(O)CNC(=O)NC(CCCCNC(=O)CCCCCCC(=O)NC(CCCCN(Cc1ccccn1)Cc1ccccn1)C(=O)O)C(=O)O. The zero-order chi connectivity index (χ0) is 37.3. The van der Waals surface area contributed by atoms with Gasteiger partial charge in [-0.15, -0.1) is 0 Å². The third-order valence-corrected chi connectivity index (χ3v) is 7.88. The van der Waals surface area contributed by atoms with Crippen molar-refractivity contribution >= 4 is 35.8 Å². The third-order valence-electron chi connectivity index (χ3n) is 7.88.